The molecular formula is AgO2V. The van der Waals surface area contributed by atoms with Gasteiger partial charge in [-0.05, 0) is 0 Å². The van der Waals surface area contributed by atoms with Gasteiger partial charge in [0.2, 0.25) is 0 Å². The van der Waals surface area contributed by atoms with Gasteiger partial charge in [0, 0.05) is 22.4 Å². The molecule has 0 atom stereocenters. The Balaban J connectivity index is 0. The van der Waals surface area contributed by atoms with Gasteiger partial charge in [-0.15, -0.1) is 0 Å². The minimum absolute atomic E-state index is 0. The molecular weight excluding hydrogens is 191 g/mol. The third-order valence-corrected chi connectivity index (χ3v) is 0. The summed E-state index contributed by atoms with van der Waals surface area (Å²) in [6, 6.07) is 0. The van der Waals surface area contributed by atoms with Crippen molar-refractivity contribution in [1.82, 2.24) is 0 Å². The maximum absolute atomic E-state index is 8.47. The van der Waals surface area contributed by atoms with Crippen molar-refractivity contribution in [3.05, 3.63) is 0 Å². The average Bonchev–Trinajstić information content (AvgIpc) is 0.918. The van der Waals surface area contributed by atoms with Crippen LogP contribution in [0.25, 0.3) is 0 Å². The van der Waals surface area contributed by atoms with E-state index in [1.165, 1.54) is 0 Å². The van der Waals surface area contributed by atoms with E-state index in [4.69, 9.17) is 7.35 Å². The van der Waals surface area contributed by atoms with E-state index in [1.807, 2.05) is 0 Å². The van der Waals surface area contributed by atoms with Crippen LogP contribution < -0.4 is 0 Å². The standard InChI is InChI=1S/Ag.2O.V. The van der Waals surface area contributed by atoms with Crippen LogP contribution in [0.15, 0.2) is 0 Å². The zero-order valence-electron chi connectivity index (χ0n) is 1.57. The SMILES string of the molecule is [Ag].[O]=[V]=[O]. The Bertz CT molecular complexity index is 27.0. The molecule has 28 valence electrons. The van der Waals surface area contributed by atoms with E-state index in [0.717, 1.165) is 0 Å². The van der Waals surface area contributed by atoms with Gasteiger partial charge in [-0.3, -0.25) is 0 Å². The molecule has 4 heteroatoms. The zero-order valence-corrected chi connectivity index (χ0v) is 4.44. The molecule has 0 aliphatic rings. The van der Waals surface area contributed by atoms with Crippen LogP contribution in [0.1, 0.15) is 0 Å². The second-order valence-electron chi connectivity index (χ2n) is 0.0745. The molecule has 1 radical (unpaired) electrons. The quantitative estimate of drug-likeness (QED) is 0.495. The summed E-state index contributed by atoms with van der Waals surface area (Å²) in [5.41, 5.74) is 0. The fourth-order valence-electron chi connectivity index (χ4n) is 0. The van der Waals surface area contributed by atoms with E-state index < -0.39 is 16.2 Å². The van der Waals surface area contributed by atoms with Crippen LogP contribution in [-0.4, -0.2) is 0 Å². The average molecular weight is 191 g/mol. The van der Waals surface area contributed by atoms with Crippen molar-refractivity contribution >= 4 is 0 Å². The predicted octanol–water partition coefficient (Wildman–Crippen LogP) is -0.243. The third kappa shape index (κ3) is 12.7. The summed E-state index contributed by atoms with van der Waals surface area (Å²) in [4.78, 5) is 0. The number of hydrogen-bond acceptors (Lipinski definition) is 2. The maximum atomic E-state index is 8.47. The van der Waals surface area contributed by atoms with E-state index in [-0.39, 0.29) is 22.4 Å². The summed E-state index contributed by atoms with van der Waals surface area (Å²) in [7, 11) is 0. The van der Waals surface area contributed by atoms with E-state index >= 15 is 0 Å². The Morgan fingerprint density at radius 3 is 1.25 bits per heavy atom. The van der Waals surface area contributed by atoms with Crippen LogP contribution in [0, 0.1) is 0 Å². The van der Waals surface area contributed by atoms with E-state index in [2.05, 4.69) is 0 Å². The van der Waals surface area contributed by atoms with Crippen molar-refractivity contribution in [1.29, 1.82) is 0 Å². The Morgan fingerprint density at radius 1 is 1.25 bits per heavy atom. The minimum atomic E-state index is -1.81. The van der Waals surface area contributed by atoms with Gasteiger partial charge < -0.3 is 0 Å². The van der Waals surface area contributed by atoms with Crippen molar-refractivity contribution in [3.8, 4) is 0 Å². The molecule has 0 N–H and O–H groups in total. The topological polar surface area (TPSA) is 34.1 Å². The fraction of sp³-hybridized carbons (Fsp3) is 0. The van der Waals surface area contributed by atoms with E-state index in [1.54, 1.807) is 0 Å². The van der Waals surface area contributed by atoms with Gasteiger partial charge >= 0.3 is 23.5 Å². The van der Waals surface area contributed by atoms with Crippen molar-refractivity contribution in [2.45, 2.75) is 0 Å². The van der Waals surface area contributed by atoms with Gasteiger partial charge in [0.1, 0.15) is 0 Å². The summed E-state index contributed by atoms with van der Waals surface area (Å²) in [5, 5.41) is 0. The monoisotopic (exact) mass is 190 g/mol. The molecule has 0 spiro atoms. The molecule has 0 amide bonds. The van der Waals surface area contributed by atoms with Gasteiger partial charge in [0.15, 0.2) is 0 Å². The first-order valence-electron chi connectivity index (χ1n) is 0.365. The molecule has 0 saturated heterocycles. The van der Waals surface area contributed by atoms with Crippen molar-refractivity contribution < 1.29 is 45.9 Å². The normalized spacial score (nSPS) is 2.00. The van der Waals surface area contributed by atoms with Crippen molar-refractivity contribution in [2.75, 3.05) is 0 Å². The predicted molar refractivity (Wildman–Crippen MR) is 1.37 cm³/mol. The molecule has 0 rings (SSSR count). The Morgan fingerprint density at radius 2 is 1.25 bits per heavy atom. The third-order valence-electron chi connectivity index (χ3n) is 0. The molecule has 2 nitrogen and oxygen atoms in total. The van der Waals surface area contributed by atoms with E-state index in [9.17, 15) is 0 Å². The van der Waals surface area contributed by atoms with Crippen LogP contribution in [-0.2, 0) is 45.9 Å². The van der Waals surface area contributed by atoms with Crippen LogP contribution in [0.5, 0.6) is 0 Å². The molecule has 0 aliphatic heterocycles. The summed E-state index contributed by atoms with van der Waals surface area (Å²) in [6.45, 7) is 0. The van der Waals surface area contributed by atoms with Crippen LogP contribution >= 0.6 is 0 Å². The summed E-state index contributed by atoms with van der Waals surface area (Å²) in [6.07, 6.45) is 0. The number of hydrogen-bond donors (Lipinski definition) is 0. The zero-order chi connectivity index (χ0) is 2.71. The molecule has 0 saturated carbocycles. The first-order valence-corrected chi connectivity index (χ1v) is 1.51. The summed E-state index contributed by atoms with van der Waals surface area (Å²) < 4.78 is 16.9. The molecule has 4 heavy (non-hydrogen) atoms. The van der Waals surface area contributed by atoms with E-state index in [0.29, 0.717) is 0 Å². The summed E-state index contributed by atoms with van der Waals surface area (Å²) in [5.74, 6) is 0. The molecule has 0 bridgehead atoms. The molecule has 0 aromatic carbocycles. The fourth-order valence-corrected chi connectivity index (χ4v) is 0. The van der Waals surface area contributed by atoms with Crippen LogP contribution in [0.4, 0.5) is 0 Å². The molecule has 0 aromatic heterocycles. The van der Waals surface area contributed by atoms with Gasteiger partial charge in [-0.25, -0.2) is 0 Å². The van der Waals surface area contributed by atoms with Crippen molar-refractivity contribution in [3.63, 3.8) is 0 Å². The summed E-state index contributed by atoms with van der Waals surface area (Å²) >= 11 is -1.81. The molecule has 0 heterocycles. The molecule has 0 fully saturated rings. The second-order valence-corrected chi connectivity index (χ2v) is 0.307. The van der Waals surface area contributed by atoms with Gasteiger partial charge in [-0.1, -0.05) is 0 Å². The van der Waals surface area contributed by atoms with Crippen molar-refractivity contribution in [2.24, 2.45) is 0 Å². The first-order chi connectivity index (χ1) is 1.41. The van der Waals surface area contributed by atoms with Crippen LogP contribution in [0.3, 0.4) is 0 Å². The molecule has 0 unspecified atom stereocenters. The number of rotatable bonds is 0. The first kappa shape index (κ1) is 8.87. The molecule has 0 aromatic rings. The van der Waals surface area contributed by atoms with Gasteiger partial charge in [0.25, 0.3) is 0 Å². The van der Waals surface area contributed by atoms with Crippen LogP contribution in [0.2, 0.25) is 0 Å². The Labute approximate surface area is 46.0 Å². The second kappa shape index (κ2) is 9.06. The van der Waals surface area contributed by atoms with Gasteiger partial charge in [0.05, 0.1) is 0 Å². The molecule has 0 aliphatic carbocycles. The Kier molecular flexibility index (Phi) is 20.1. The van der Waals surface area contributed by atoms with Gasteiger partial charge in [-0.2, -0.15) is 0 Å². The Hall–Kier alpha value is 0.925.